The van der Waals surface area contributed by atoms with Gasteiger partial charge in [0.25, 0.3) is 0 Å². The number of hydrogen-bond donors (Lipinski definition) is 6. The second-order valence-corrected chi connectivity index (χ2v) is 5.76. The van der Waals surface area contributed by atoms with E-state index in [1.54, 1.807) is 6.08 Å². The van der Waals surface area contributed by atoms with Crippen LogP contribution in [0.4, 0.5) is 11.4 Å². The van der Waals surface area contributed by atoms with Crippen LogP contribution in [0.3, 0.4) is 0 Å². The second kappa shape index (κ2) is 6.83. The molecule has 0 fully saturated rings. The van der Waals surface area contributed by atoms with E-state index in [0.717, 1.165) is 11.3 Å². The van der Waals surface area contributed by atoms with Crippen molar-refractivity contribution in [3.8, 4) is 0 Å². The minimum absolute atomic E-state index is 0.229. The van der Waals surface area contributed by atoms with E-state index in [1.807, 2.05) is 30.3 Å². The maximum absolute atomic E-state index is 9.01. The zero-order valence-electron chi connectivity index (χ0n) is 12.5. The van der Waals surface area contributed by atoms with Crippen LogP contribution in [-0.2, 0) is 0 Å². The number of aliphatic hydroxyl groups excluding tert-OH is 1. The van der Waals surface area contributed by atoms with Crippen LogP contribution in [0.25, 0.3) is 0 Å². The summed E-state index contributed by atoms with van der Waals surface area (Å²) in [4.78, 5) is 0. The molecular weight excluding hydrogens is 280 g/mol. The Hall–Kier alpha value is -2.02. The molecule has 1 aromatic carbocycles. The van der Waals surface area contributed by atoms with Crippen molar-refractivity contribution < 1.29 is 10.2 Å². The zero-order chi connectivity index (χ0) is 16.2. The van der Waals surface area contributed by atoms with Crippen LogP contribution in [0, 0.1) is 0 Å². The van der Waals surface area contributed by atoms with Gasteiger partial charge in [-0.05, 0) is 43.0 Å². The van der Waals surface area contributed by atoms with Crippen molar-refractivity contribution in [1.29, 1.82) is 0 Å². The topological polar surface area (TPSA) is 131 Å². The molecule has 0 aromatic heterocycles. The van der Waals surface area contributed by atoms with Gasteiger partial charge in [-0.3, -0.25) is 0 Å². The van der Waals surface area contributed by atoms with Gasteiger partial charge in [0.05, 0.1) is 11.4 Å². The average Bonchev–Trinajstić information content (AvgIpc) is 2.48. The molecule has 0 spiro atoms. The van der Waals surface area contributed by atoms with Crippen LogP contribution in [0.2, 0.25) is 0 Å². The van der Waals surface area contributed by atoms with E-state index < -0.39 is 11.8 Å². The third-order valence-corrected chi connectivity index (χ3v) is 3.87. The van der Waals surface area contributed by atoms with E-state index in [2.05, 4.69) is 5.32 Å². The molecule has 0 aliphatic heterocycles. The largest absolute Gasteiger partial charge is 0.399 e. The van der Waals surface area contributed by atoms with Crippen molar-refractivity contribution in [1.82, 2.24) is 0 Å². The number of para-hydroxylation sites is 2. The number of aliphatic hydroxyl groups is 2. The van der Waals surface area contributed by atoms with Crippen molar-refractivity contribution in [2.75, 3.05) is 17.6 Å². The molecule has 0 heterocycles. The standard InChI is InChI=1S/C16H24N4O2/c17-12-5-7-16(19,8-6-15(21)22)9-11(12)10-20-14-4-2-1-3-13(14)18/h1-5,7,15,20-22H,6,8-10,17-19H2. The van der Waals surface area contributed by atoms with E-state index in [1.165, 1.54) is 0 Å². The smallest absolute Gasteiger partial charge is 0.151 e. The Morgan fingerprint density at radius 2 is 1.95 bits per heavy atom. The van der Waals surface area contributed by atoms with Crippen LogP contribution in [0.1, 0.15) is 19.3 Å². The van der Waals surface area contributed by atoms with Crippen LogP contribution < -0.4 is 22.5 Å². The van der Waals surface area contributed by atoms with Crippen molar-refractivity contribution in [2.45, 2.75) is 31.1 Å². The van der Waals surface area contributed by atoms with Crippen molar-refractivity contribution in [3.63, 3.8) is 0 Å². The minimum atomic E-state index is -1.34. The van der Waals surface area contributed by atoms with Gasteiger partial charge in [-0.15, -0.1) is 0 Å². The second-order valence-electron chi connectivity index (χ2n) is 5.76. The number of benzene rings is 1. The van der Waals surface area contributed by atoms with Gasteiger partial charge in [0.15, 0.2) is 6.29 Å². The summed E-state index contributed by atoms with van der Waals surface area (Å²) in [6.45, 7) is 0.547. The summed E-state index contributed by atoms with van der Waals surface area (Å²) in [5.41, 5.74) is 20.8. The molecule has 0 saturated carbocycles. The third kappa shape index (κ3) is 4.24. The lowest BCUT2D eigenvalue weighted by molar-refractivity contribution is -0.0488. The summed E-state index contributed by atoms with van der Waals surface area (Å²) in [5, 5.41) is 21.3. The summed E-state index contributed by atoms with van der Waals surface area (Å²) in [6, 6.07) is 7.52. The Balaban J connectivity index is 2.01. The van der Waals surface area contributed by atoms with Gasteiger partial charge in [-0.1, -0.05) is 18.2 Å². The highest BCUT2D eigenvalue weighted by Gasteiger charge is 2.27. The highest BCUT2D eigenvalue weighted by Crippen LogP contribution is 2.28. The number of nitrogen functional groups attached to an aromatic ring is 1. The summed E-state index contributed by atoms with van der Waals surface area (Å²) in [6.07, 6.45) is 3.56. The zero-order valence-corrected chi connectivity index (χ0v) is 12.5. The van der Waals surface area contributed by atoms with Gasteiger partial charge in [-0.25, -0.2) is 0 Å². The first-order chi connectivity index (χ1) is 10.4. The molecule has 0 saturated heterocycles. The predicted molar refractivity (Wildman–Crippen MR) is 88.7 cm³/mol. The Labute approximate surface area is 130 Å². The molecule has 1 aliphatic rings. The Bertz CT molecular complexity index is 583. The molecule has 0 amide bonds. The highest BCUT2D eigenvalue weighted by molar-refractivity contribution is 5.66. The predicted octanol–water partition coefficient (Wildman–Crippen LogP) is 0.642. The normalized spacial score (nSPS) is 21.5. The molecule has 6 heteroatoms. The maximum Gasteiger partial charge on any atom is 0.151 e. The van der Waals surface area contributed by atoms with E-state index >= 15 is 0 Å². The number of rotatable bonds is 6. The fourth-order valence-corrected chi connectivity index (χ4v) is 2.53. The lowest BCUT2D eigenvalue weighted by atomic mass is 9.82. The van der Waals surface area contributed by atoms with Crippen molar-refractivity contribution in [3.05, 3.63) is 47.7 Å². The summed E-state index contributed by atoms with van der Waals surface area (Å²) in [5.74, 6) is 0. The van der Waals surface area contributed by atoms with Crippen LogP contribution >= 0.6 is 0 Å². The number of anilines is 2. The molecule has 6 nitrogen and oxygen atoms in total. The summed E-state index contributed by atoms with van der Waals surface area (Å²) in [7, 11) is 0. The molecule has 9 N–H and O–H groups in total. The van der Waals surface area contributed by atoms with Crippen LogP contribution in [-0.4, -0.2) is 28.6 Å². The van der Waals surface area contributed by atoms with Gasteiger partial charge in [-0.2, -0.15) is 0 Å². The van der Waals surface area contributed by atoms with Gasteiger partial charge < -0.3 is 32.7 Å². The molecular formula is C16H24N4O2. The van der Waals surface area contributed by atoms with E-state index in [4.69, 9.17) is 27.4 Å². The monoisotopic (exact) mass is 304 g/mol. The number of hydrogen-bond acceptors (Lipinski definition) is 6. The van der Waals surface area contributed by atoms with Gasteiger partial charge in [0.1, 0.15) is 0 Å². The molecule has 0 radical (unpaired) electrons. The Morgan fingerprint density at radius 1 is 1.23 bits per heavy atom. The first-order valence-corrected chi connectivity index (χ1v) is 7.30. The lowest BCUT2D eigenvalue weighted by Gasteiger charge is -2.31. The first-order valence-electron chi connectivity index (χ1n) is 7.30. The molecule has 0 bridgehead atoms. The van der Waals surface area contributed by atoms with Crippen LogP contribution in [0.5, 0.6) is 0 Å². The van der Waals surface area contributed by atoms with Gasteiger partial charge in [0, 0.05) is 17.8 Å². The quantitative estimate of drug-likeness (QED) is 0.338. The average molecular weight is 304 g/mol. The SMILES string of the molecule is NC1=C(CNc2ccccc2N)CC(N)(CCC(O)O)C=C1. The summed E-state index contributed by atoms with van der Waals surface area (Å²) < 4.78 is 0. The molecule has 1 aliphatic carbocycles. The first kappa shape index (κ1) is 16.4. The highest BCUT2D eigenvalue weighted by atomic mass is 16.5. The Kier molecular flexibility index (Phi) is 5.07. The molecule has 1 aromatic rings. The maximum atomic E-state index is 9.01. The van der Waals surface area contributed by atoms with Crippen molar-refractivity contribution >= 4 is 11.4 Å². The van der Waals surface area contributed by atoms with E-state index in [9.17, 15) is 0 Å². The van der Waals surface area contributed by atoms with Crippen molar-refractivity contribution in [2.24, 2.45) is 11.5 Å². The molecule has 1 unspecified atom stereocenters. The number of nitrogens with two attached hydrogens (primary N) is 3. The Morgan fingerprint density at radius 3 is 2.64 bits per heavy atom. The molecule has 120 valence electrons. The third-order valence-electron chi connectivity index (χ3n) is 3.87. The fourth-order valence-electron chi connectivity index (χ4n) is 2.53. The number of nitrogens with one attached hydrogen (secondary N) is 1. The van der Waals surface area contributed by atoms with Gasteiger partial charge in [0.2, 0.25) is 0 Å². The fraction of sp³-hybridized carbons (Fsp3) is 0.375. The summed E-state index contributed by atoms with van der Waals surface area (Å²) >= 11 is 0. The lowest BCUT2D eigenvalue weighted by Crippen LogP contribution is -2.41. The van der Waals surface area contributed by atoms with Gasteiger partial charge >= 0.3 is 0 Å². The van der Waals surface area contributed by atoms with E-state index in [0.29, 0.717) is 30.8 Å². The van der Waals surface area contributed by atoms with E-state index in [-0.39, 0.29) is 6.42 Å². The molecule has 1 atom stereocenters. The number of allylic oxidation sites excluding steroid dienone is 1. The van der Waals surface area contributed by atoms with Crippen LogP contribution in [0.15, 0.2) is 47.7 Å². The molecule has 22 heavy (non-hydrogen) atoms. The minimum Gasteiger partial charge on any atom is -0.399 e. The molecule has 2 rings (SSSR count).